The maximum atomic E-state index is 13.1. The predicted molar refractivity (Wildman–Crippen MR) is 112 cm³/mol. The number of para-hydroxylation sites is 1. The summed E-state index contributed by atoms with van der Waals surface area (Å²) in [7, 11) is 0. The van der Waals surface area contributed by atoms with Gasteiger partial charge in [0.15, 0.2) is 0 Å². The van der Waals surface area contributed by atoms with E-state index in [1.54, 1.807) is 12.1 Å². The number of likely N-dealkylation sites (tertiary alicyclic amines) is 1. The number of aliphatic hydroxyl groups excluding tert-OH is 2. The lowest BCUT2D eigenvalue weighted by atomic mass is 9.87. The van der Waals surface area contributed by atoms with Crippen molar-refractivity contribution in [2.75, 3.05) is 26.2 Å². The fourth-order valence-corrected chi connectivity index (χ4v) is 3.89. The summed E-state index contributed by atoms with van der Waals surface area (Å²) in [4.78, 5) is 2.21. The van der Waals surface area contributed by atoms with Crippen molar-refractivity contribution in [2.24, 2.45) is 5.92 Å². The van der Waals surface area contributed by atoms with Crippen LogP contribution >= 0.6 is 0 Å². The van der Waals surface area contributed by atoms with Crippen molar-refractivity contribution in [3.63, 3.8) is 0 Å². The van der Waals surface area contributed by atoms with E-state index in [1.807, 2.05) is 30.3 Å². The number of piperidine rings is 1. The highest BCUT2D eigenvalue weighted by molar-refractivity contribution is 5.34. The van der Waals surface area contributed by atoms with Gasteiger partial charge in [0, 0.05) is 6.54 Å². The molecule has 2 N–H and O–H groups in total. The number of aliphatic hydroxyl groups is 2. The second kappa shape index (κ2) is 10.5. The molecule has 0 amide bonds. The Labute approximate surface area is 172 Å². The first-order valence-electron chi connectivity index (χ1n) is 10.2. The van der Waals surface area contributed by atoms with Gasteiger partial charge in [-0.3, -0.25) is 0 Å². The Hall–Kier alpha value is -2.21. The summed E-state index contributed by atoms with van der Waals surface area (Å²) >= 11 is 0. The summed E-state index contributed by atoms with van der Waals surface area (Å²) in [6, 6.07) is 13.9. The van der Waals surface area contributed by atoms with Crippen LogP contribution in [-0.2, 0) is 6.42 Å². The van der Waals surface area contributed by atoms with Crippen LogP contribution < -0.4 is 4.74 Å². The Balaban J connectivity index is 1.43. The van der Waals surface area contributed by atoms with Crippen LogP contribution in [0, 0.1) is 11.7 Å². The van der Waals surface area contributed by atoms with E-state index in [4.69, 9.17) is 4.74 Å². The Morgan fingerprint density at radius 2 is 1.79 bits per heavy atom. The van der Waals surface area contributed by atoms with Crippen molar-refractivity contribution in [3.8, 4) is 5.75 Å². The third-order valence-electron chi connectivity index (χ3n) is 5.53. The molecule has 156 valence electrons. The molecule has 0 bridgehead atoms. The molecule has 0 saturated carbocycles. The molecule has 4 nitrogen and oxygen atoms in total. The molecule has 1 heterocycles. The number of benzene rings is 2. The molecule has 0 aliphatic carbocycles. The number of hydrogen-bond acceptors (Lipinski definition) is 4. The Bertz CT molecular complexity index is 772. The molecule has 1 fully saturated rings. The Morgan fingerprint density at radius 3 is 2.48 bits per heavy atom. The first-order valence-corrected chi connectivity index (χ1v) is 10.2. The van der Waals surface area contributed by atoms with Gasteiger partial charge in [-0.15, -0.1) is 6.58 Å². The highest BCUT2D eigenvalue weighted by atomic mass is 19.1. The van der Waals surface area contributed by atoms with Crippen molar-refractivity contribution >= 4 is 0 Å². The molecule has 29 heavy (non-hydrogen) atoms. The van der Waals surface area contributed by atoms with Crippen LogP contribution in [0.1, 0.15) is 30.1 Å². The number of β-amino-alcohol motifs (C(OH)–C–C–N with tert-alkyl or cyclic N) is 1. The van der Waals surface area contributed by atoms with Crippen LogP contribution in [-0.4, -0.2) is 47.5 Å². The van der Waals surface area contributed by atoms with E-state index >= 15 is 0 Å². The molecule has 2 atom stereocenters. The molecule has 2 unspecified atom stereocenters. The van der Waals surface area contributed by atoms with E-state index in [9.17, 15) is 14.6 Å². The topological polar surface area (TPSA) is 52.9 Å². The van der Waals surface area contributed by atoms with Gasteiger partial charge in [-0.1, -0.05) is 36.4 Å². The summed E-state index contributed by atoms with van der Waals surface area (Å²) < 4.78 is 18.9. The number of allylic oxidation sites excluding steroid dienone is 1. The molecule has 2 aromatic carbocycles. The fraction of sp³-hybridized carbons (Fsp3) is 0.417. The van der Waals surface area contributed by atoms with Crippen LogP contribution in [0.3, 0.4) is 0 Å². The lowest BCUT2D eigenvalue weighted by molar-refractivity contribution is 0.0277. The largest absolute Gasteiger partial charge is 0.491 e. The first-order chi connectivity index (χ1) is 14.1. The number of halogens is 1. The molecular formula is C24H30FNO3. The summed E-state index contributed by atoms with van der Waals surface area (Å²) in [5.74, 6) is 0.641. The van der Waals surface area contributed by atoms with Gasteiger partial charge in [-0.05, 0) is 67.6 Å². The first kappa shape index (κ1) is 21.5. The van der Waals surface area contributed by atoms with E-state index in [-0.39, 0.29) is 18.3 Å². The van der Waals surface area contributed by atoms with Crippen LogP contribution in [0.5, 0.6) is 5.75 Å². The zero-order valence-corrected chi connectivity index (χ0v) is 16.7. The monoisotopic (exact) mass is 399 g/mol. The normalized spacial score (nSPS) is 17.6. The molecule has 0 spiro atoms. The highest BCUT2D eigenvalue weighted by Gasteiger charge is 2.27. The minimum absolute atomic E-state index is 0.149. The SMILES string of the molecule is C=CCc1ccccc1OCC(O)CN1CCC(C(O)c2ccc(F)cc2)CC1. The summed E-state index contributed by atoms with van der Waals surface area (Å²) in [6.45, 7) is 6.18. The molecule has 3 rings (SSSR count). The third kappa shape index (κ3) is 6.13. The number of rotatable bonds is 9. The van der Waals surface area contributed by atoms with Crippen LogP contribution in [0.2, 0.25) is 0 Å². The van der Waals surface area contributed by atoms with Crippen LogP contribution in [0.25, 0.3) is 0 Å². The zero-order valence-electron chi connectivity index (χ0n) is 16.7. The number of ether oxygens (including phenoxy) is 1. The molecule has 2 aromatic rings. The maximum Gasteiger partial charge on any atom is 0.123 e. The van der Waals surface area contributed by atoms with Crippen molar-refractivity contribution in [1.82, 2.24) is 4.90 Å². The van der Waals surface area contributed by atoms with Crippen LogP contribution in [0.15, 0.2) is 61.2 Å². The number of nitrogens with zero attached hydrogens (tertiary/aromatic N) is 1. The van der Waals surface area contributed by atoms with Crippen molar-refractivity contribution in [3.05, 3.63) is 78.1 Å². The van der Waals surface area contributed by atoms with Gasteiger partial charge in [-0.25, -0.2) is 4.39 Å². The maximum absolute atomic E-state index is 13.1. The minimum atomic E-state index is -0.578. The lowest BCUT2D eigenvalue weighted by Crippen LogP contribution is -2.41. The van der Waals surface area contributed by atoms with Gasteiger partial charge in [0.25, 0.3) is 0 Å². The second-order valence-electron chi connectivity index (χ2n) is 7.70. The van der Waals surface area contributed by atoms with E-state index in [0.717, 1.165) is 49.2 Å². The second-order valence-corrected chi connectivity index (χ2v) is 7.70. The predicted octanol–water partition coefficient (Wildman–Crippen LogP) is 3.74. The van der Waals surface area contributed by atoms with Crippen LogP contribution in [0.4, 0.5) is 4.39 Å². The van der Waals surface area contributed by atoms with Gasteiger partial charge in [0.05, 0.1) is 6.10 Å². The van der Waals surface area contributed by atoms with Gasteiger partial charge in [0.1, 0.15) is 24.3 Å². The van der Waals surface area contributed by atoms with E-state index in [0.29, 0.717) is 6.54 Å². The minimum Gasteiger partial charge on any atom is -0.491 e. The quantitative estimate of drug-likeness (QED) is 0.631. The molecule has 0 aromatic heterocycles. The lowest BCUT2D eigenvalue weighted by Gasteiger charge is -2.35. The van der Waals surface area contributed by atoms with Gasteiger partial charge < -0.3 is 19.8 Å². The van der Waals surface area contributed by atoms with Gasteiger partial charge >= 0.3 is 0 Å². The Kier molecular flexibility index (Phi) is 7.81. The smallest absolute Gasteiger partial charge is 0.123 e. The standard InChI is InChI=1S/C24H30FNO3/c1-2-5-18-6-3-4-7-23(18)29-17-22(27)16-26-14-12-20(13-15-26)24(28)19-8-10-21(25)11-9-19/h2-4,6-11,20,22,24,27-28H,1,5,12-17H2. The average molecular weight is 400 g/mol. The molecule has 1 aliphatic heterocycles. The summed E-state index contributed by atoms with van der Waals surface area (Å²) in [5, 5.41) is 21.0. The van der Waals surface area contributed by atoms with E-state index in [1.165, 1.54) is 12.1 Å². The summed E-state index contributed by atoms with van der Waals surface area (Å²) in [5.41, 5.74) is 1.82. The summed E-state index contributed by atoms with van der Waals surface area (Å²) in [6.07, 6.45) is 3.10. The number of hydrogen-bond donors (Lipinski definition) is 2. The zero-order chi connectivity index (χ0) is 20.6. The van der Waals surface area contributed by atoms with Gasteiger partial charge in [0.2, 0.25) is 0 Å². The molecule has 1 aliphatic rings. The van der Waals surface area contributed by atoms with Crippen molar-refractivity contribution < 1.29 is 19.3 Å². The van der Waals surface area contributed by atoms with E-state index < -0.39 is 12.2 Å². The fourth-order valence-electron chi connectivity index (χ4n) is 3.89. The van der Waals surface area contributed by atoms with Crippen molar-refractivity contribution in [2.45, 2.75) is 31.5 Å². The molecule has 1 saturated heterocycles. The van der Waals surface area contributed by atoms with E-state index in [2.05, 4.69) is 11.5 Å². The third-order valence-corrected chi connectivity index (χ3v) is 5.53. The molecular weight excluding hydrogens is 369 g/mol. The highest BCUT2D eigenvalue weighted by Crippen LogP contribution is 2.30. The average Bonchev–Trinajstić information content (AvgIpc) is 2.74. The van der Waals surface area contributed by atoms with Gasteiger partial charge in [-0.2, -0.15) is 0 Å². The van der Waals surface area contributed by atoms with Crippen molar-refractivity contribution in [1.29, 1.82) is 0 Å². The Morgan fingerprint density at radius 1 is 1.10 bits per heavy atom. The molecule has 0 radical (unpaired) electrons. The molecule has 5 heteroatoms.